The molecule has 3 heterocycles. The third-order valence-electron chi connectivity index (χ3n) is 10.7. The lowest BCUT2D eigenvalue weighted by Crippen LogP contribution is -2.74. The molecule has 306 valence electrons. The summed E-state index contributed by atoms with van der Waals surface area (Å²) >= 11 is 9.21. The van der Waals surface area contributed by atoms with Gasteiger partial charge in [0.05, 0.1) is 0 Å². The van der Waals surface area contributed by atoms with E-state index in [1.165, 1.54) is 23.1 Å². The van der Waals surface area contributed by atoms with Gasteiger partial charge in [0.2, 0.25) is 5.91 Å². The zero-order valence-electron chi connectivity index (χ0n) is 32.7. The average molecular weight is 866 g/mol. The number of amides is 2. The summed E-state index contributed by atoms with van der Waals surface area (Å²) in [5.41, 5.74) is 2.58. The zero-order chi connectivity index (χ0) is 42.2. The number of thiazole rings is 1. The number of anilines is 1. The molecule has 1 aromatic heterocycles. The average Bonchev–Trinajstić information content (AvgIpc) is 3.79. The molecule has 2 unspecified atom stereocenters. The van der Waals surface area contributed by atoms with Crippen LogP contribution in [0.2, 0.25) is 0 Å². The Morgan fingerprint density at radius 2 is 1.39 bits per heavy atom. The first-order valence-electron chi connectivity index (χ1n) is 19.5. The molecule has 10 nitrogen and oxygen atoms in total. The molecule has 0 radical (unpaired) electrons. The maximum absolute atomic E-state index is 14.1. The molecule has 0 bridgehead atoms. The number of ether oxygens (including phenoxy) is 1. The number of rotatable bonds is 15. The minimum atomic E-state index is -1.18. The van der Waals surface area contributed by atoms with E-state index < -0.39 is 40.4 Å². The van der Waals surface area contributed by atoms with Crippen LogP contribution in [0.5, 0.6) is 0 Å². The molecule has 0 spiro atoms. The van der Waals surface area contributed by atoms with Crippen LogP contribution in [0.15, 0.2) is 162 Å². The van der Waals surface area contributed by atoms with Crippen molar-refractivity contribution in [3.05, 3.63) is 191 Å². The largest absolute Gasteiger partial charge is 0.452 e. The molecule has 2 aliphatic rings. The summed E-state index contributed by atoms with van der Waals surface area (Å²) in [7, 11) is 0. The van der Waals surface area contributed by atoms with Gasteiger partial charge >= 0.3 is 5.97 Å². The Balaban J connectivity index is 1.01. The second-order valence-electron chi connectivity index (χ2n) is 14.6. The number of carbonyl (C=O) groups is 3. The predicted molar refractivity (Wildman–Crippen MR) is 240 cm³/mol. The van der Waals surface area contributed by atoms with E-state index in [1.807, 2.05) is 115 Å². The molecule has 61 heavy (non-hydrogen) atoms. The Kier molecular flexibility index (Phi) is 12.5. The number of hydrogen-bond donors (Lipinski definition) is 2. The van der Waals surface area contributed by atoms with Gasteiger partial charge in [-0.1, -0.05) is 163 Å². The minimum Gasteiger partial charge on any atom is -0.452 e. The van der Waals surface area contributed by atoms with Crippen LogP contribution in [0.25, 0.3) is 0 Å². The summed E-state index contributed by atoms with van der Waals surface area (Å²) in [6.45, 7) is -0.153. The number of alkyl halides is 1. The maximum Gasteiger partial charge on any atom is 0.316 e. The first-order valence-corrected chi connectivity index (χ1v) is 22.0. The molecule has 13 heteroatoms. The van der Waals surface area contributed by atoms with E-state index in [0.717, 1.165) is 27.8 Å². The number of halogens is 1. The van der Waals surface area contributed by atoms with Gasteiger partial charge in [0.15, 0.2) is 23.6 Å². The van der Waals surface area contributed by atoms with Crippen molar-refractivity contribution in [1.82, 2.24) is 15.2 Å². The number of oxime groups is 1. The van der Waals surface area contributed by atoms with Gasteiger partial charge in [-0.2, -0.15) is 0 Å². The first-order chi connectivity index (χ1) is 29.9. The summed E-state index contributed by atoms with van der Waals surface area (Å²) in [5, 5.41) is 12.4. The quantitative estimate of drug-likeness (QED) is 0.0157. The number of β-lactam (4-membered cyclic amide) rings is 1. The van der Waals surface area contributed by atoms with Gasteiger partial charge < -0.3 is 25.1 Å². The number of hydrogen-bond acceptors (Lipinski definition) is 10. The SMILES string of the molecule is C#CCON=C(C(=O)NC1C(=O)N2CC(CCl)(C(=O)OC(c3ccccc3)c3ccccc3)CS[C@H]12)c1csc(NC(c2ccccc2)(c2ccccc2)c2ccccc2)n1. The summed E-state index contributed by atoms with van der Waals surface area (Å²) in [5.74, 6) is 1.03. The van der Waals surface area contributed by atoms with E-state index in [9.17, 15) is 14.4 Å². The van der Waals surface area contributed by atoms with Crippen LogP contribution >= 0.6 is 34.7 Å². The van der Waals surface area contributed by atoms with Gasteiger partial charge in [0, 0.05) is 23.6 Å². The van der Waals surface area contributed by atoms with E-state index >= 15 is 0 Å². The molecule has 2 fully saturated rings. The van der Waals surface area contributed by atoms with Crippen molar-refractivity contribution in [2.45, 2.75) is 23.1 Å². The van der Waals surface area contributed by atoms with Crippen LogP contribution in [0.4, 0.5) is 5.13 Å². The number of nitrogens with zero attached hydrogens (tertiary/aromatic N) is 3. The fourth-order valence-electron chi connectivity index (χ4n) is 7.63. The Bertz CT molecular complexity index is 2400. The van der Waals surface area contributed by atoms with Gasteiger partial charge in [-0.25, -0.2) is 4.98 Å². The van der Waals surface area contributed by atoms with Crippen LogP contribution in [0.3, 0.4) is 0 Å². The molecule has 0 saturated carbocycles. The number of thioether (sulfide) groups is 1. The van der Waals surface area contributed by atoms with Crippen LogP contribution in [0, 0.1) is 17.8 Å². The molecule has 5 aromatic carbocycles. The van der Waals surface area contributed by atoms with E-state index in [-0.39, 0.29) is 42.1 Å². The lowest BCUT2D eigenvalue weighted by Gasteiger charge is -2.53. The first kappa shape index (κ1) is 41.3. The van der Waals surface area contributed by atoms with E-state index in [2.05, 4.69) is 58.1 Å². The number of carbonyl (C=O) groups excluding carboxylic acids is 3. The van der Waals surface area contributed by atoms with Gasteiger partial charge in [0.1, 0.15) is 28.1 Å². The number of fused-ring (bicyclic) bond motifs is 1. The van der Waals surface area contributed by atoms with Gasteiger partial charge in [0.25, 0.3) is 5.91 Å². The highest BCUT2D eigenvalue weighted by atomic mass is 35.5. The van der Waals surface area contributed by atoms with Gasteiger partial charge in [-0.3, -0.25) is 14.4 Å². The standard InChI is InChI=1S/C48H40ClN5O5S2/c1-2-28-58-53-39(38-29-60-46(50-38)52-48(35-22-12-5-13-23-35,36-24-14-6-15-25-36)37-26-16-7-17-27-37)42(55)51-40-43(56)54-31-47(30-49,32-61-44(40)54)45(57)59-41(33-18-8-3-9-19-33)34-20-10-4-11-21-34/h1,3-27,29,40-41,44H,28,30-32H2,(H,50,52)(H,51,55)/t40?,44-,47?/m1/s1. The molecule has 8 rings (SSSR count). The number of esters is 1. The van der Waals surface area contributed by atoms with E-state index in [0.29, 0.717) is 5.13 Å². The predicted octanol–water partition coefficient (Wildman–Crippen LogP) is 7.86. The number of benzene rings is 5. The van der Waals surface area contributed by atoms with Crippen molar-refractivity contribution < 1.29 is 24.0 Å². The van der Waals surface area contributed by atoms with E-state index in [1.54, 1.807) is 10.3 Å². The smallest absolute Gasteiger partial charge is 0.316 e. The molecule has 2 N–H and O–H groups in total. The summed E-state index contributed by atoms with van der Waals surface area (Å²) < 4.78 is 6.23. The zero-order valence-corrected chi connectivity index (χ0v) is 35.1. The van der Waals surface area contributed by atoms with Crippen molar-refractivity contribution in [3.8, 4) is 12.3 Å². The summed E-state index contributed by atoms with van der Waals surface area (Å²) in [6.07, 6.45) is 4.78. The molecule has 6 aromatic rings. The highest BCUT2D eigenvalue weighted by Crippen LogP contribution is 2.45. The van der Waals surface area contributed by atoms with Crippen molar-refractivity contribution in [2.24, 2.45) is 10.6 Å². The fraction of sp³-hybridized carbons (Fsp3) is 0.188. The Morgan fingerprint density at radius 3 is 1.90 bits per heavy atom. The third-order valence-corrected chi connectivity index (χ3v) is 13.6. The van der Waals surface area contributed by atoms with Crippen LogP contribution in [-0.4, -0.2) is 69.6 Å². The Hall–Kier alpha value is -6.39. The van der Waals surface area contributed by atoms with E-state index in [4.69, 9.17) is 32.6 Å². The van der Waals surface area contributed by atoms with Crippen LogP contribution < -0.4 is 10.6 Å². The third kappa shape index (κ3) is 8.37. The second kappa shape index (κ2) is 18.5. The van der Waals surface area contributed by atoms with Crippen molar-refractivity contribution in [2.75, 3.05) is 30.1 Å². The number of nitrogens with one attached hydrogen (secondary N) is 2. The van der Waals surface area contributed by atoms with Crippen molar-refractivity contribution >= 4 is 63.3 Å². The van der Waals surface area contributed by atoms with Gasteiger partial charge in [-0.15, -0.1) is 41.1 Å². The van der Waals surface area contributed by atoms with Crippen LogP contribution in [-0.2, 0) is 29.5 Å². The summed E-state index contributed by atoms with van der Waals surface area (Å²) in [4.78, 5) is 53.7. The Morgan fingerprint density at radius 1 is 0.869 bits per heavy atom. The highest BCUT2D eigenvalue weighted by molar-refractivity contribution is 8.00. The van der Waals surface area contributed by atoms with Crippen molar-refractivity contribution in [1.29, 1.82) is 0 Å². The number of terminal acetylenes is 1. The molecule has 0 aliphatic carbocycles. The molecule has 2 saturated heterocycles. The monoisotopic (exact) mass is 865 g/mol. The summed E-state index contributed by atoms with van der Waals surface area (Å²) in [6, 6.07) is 48.3. The molecule has 2 aliphatic heterocycles. The minimum absolute atomic E-state index is 0.0356. The Labute approximate surface area is 367 Å². The maximum atomic E-state index is 14.1. The molecular formula is C48H40ClN5O5S2. The normalized spacial score (nSPS) is 18.6. The lowest BCUT2D eigenvalue weighted by atomic mass is 9.77. The second-order valence-corrected chi connectivity index (χ2v) is 16.8. The lowest BCUT2D eigenvalue weighted by molar-refractivity contribution is -0.164. The molecule has 2 amide bonds. The van der Waals surface area contributed by atoms with Crippen molar-refractivity contribution in [3.63, 3.8) is 0 Å². The van der Waals surface area contributed by atoms with Gasteiger partial charge in [-0.05, 0) is 27.8 Å². The highest BCUT2D eigenvalue weighted by Gasteiger charge is 2.58. The molecular weight excluding hydrogens is 826 g/mol. The van der Waals surface area contributed by atoms with Crippen LogP contribution in [0.1, 0.15) is 39.6 Å². The topological polar surface area (TPSA) is 122 Å². The number of aromatic nitrogens is 1. The fourth-order valence-corrected chi connectivity index (χ4v) is 10.3. The molecule has 3 atom stereocenters.